The summed E-state index contributed by atoms with van der Waals surface area (Å²) in [7, 11) is 0. The van der Waals surface area contributed by atoms with E-state index < -0.39 is 17.5 Å². The van der Waals surface area contributed by atoms with Gasteiger partial charge in [0.1, 0.15) is 23.8 Å². The van der Waals surface area contributed by atoms with Crippen molar-refractivity contribution in [1.82, 2.24) is 14.9 Å². The Morgan fingerprint density at radius 2 is 1.83 bits per heavy atom. The molecular formula is C16H16F2N4O. The number of piperazine rings is 1. The highest BCUT2D eigenvalue weighted by Crippen LogP contribution is 2.17. The molecule has 0 N–H and O–H groups in total. The Hall–Kier alpha value is -2.57. The quantitative estimate of drug-likeness (QED) is 0.850. The van der Waals surface area contributed by atoms with Gasteiger partial charge in [-0.3, -0.25) is 4.79 Å². The van der Waals surface area contributed by atoms with Crippen molar-refractivity contribution in [3.8, 4) is 0 Å². The molecule has 1 aromatic heterocycles. The van der Waals surface area contributed by atoms with Crippen LogP contribution in [0.1, 0.15) is 16.1 Å². The van der Waals surface area contributed by atoms with Gasteiger partial charge in [-0.05, 0) is 25.1 Å². The molecule has 120 valence electrons. The van der Waals surface area contributed by atoms with Crippen molar-refractivity contribution in [2.75, 3.05) is 31.1 Å². The molecule has 1 amide bonds. The highest BCUT2D eigenvalue weighted by Gasteiger charge is 2.25. The summed E-state index contributed by atoms with van der Waals surface area (Å²) in [5.41, 5.74) is 0.645. The molecule has 5 nitrogen and oxygen atoms in total. The van der Waals surface area contributed by atoms with E-state index in [1.807, 2.05) is 17.9 Å². The molecule has 2 aromatic rings. The Morgan fingerprint density at radius 1 is 1.09 bits per heavy atom. The Bertz CT molecular complexity index is 730. The van der Waals surface area contributed by atoms with Crippen LogP contribution >= 0.6 is 0 Å². The van der Waals surface area contributed by atoms with Gasteiger partial charge in [-0.15, -0.1) is 0 Å². The number of carbonyl (C=O) groups is 1. The van der Waals surface area contributed by atoms with E-state index in [4.69, 9.17) is 0 Å². The molecule has 1 saturated heterocycles. The van der Waals surface area contributed by atoms with Gasteiger partial charge in [-0.2, -0.15) is 0 Å². The number of hydrogen-bond acceptors (Lipinski definition) is 4. The van der Waals surface area contributed by atoms with E-state index in [9.17, 15) is 13.6 Å². The van der Waals surface area contributed by atoms with Crippen LogP contribution in [0.25, 0.3) is 0 Å². The van der Waals surface area contributed by atoms with Gasteiger partial charge in [0.2, 0.25) is 0 Å². The maximum Gasteiger partial charge on any atom is 0.257 e. The monoisotopic (exact) mass is 318 g/mol. The molecule has 3 rings (SSSR count). The minimum Gasteiger partial charge on any atom is -0.353 e. The number of hydrogen-bond donors (Lipinski definition) is 0. The second-order valence-corrected chi connectivity index (χ2v) is 5.42. The third-order valence-corrected chi connectivity index (χ3v) is 3.84. The van der Waals surface area contributed by atoms with Gasteiger partial charge < -0.3 is 9.80 Å². The van der Waals surface area contributed by atoms with Crippen molar-refractivity contribution >= 4 is 11.7 Å². The van der Waals surface area contributed by atoms with E-state index in [-0.39, 0.29) is 5.56 Å². The molecular weight excluding hydrogens is 302 g/mol. The van der Waals surface area contributed by atoms with Crippen molar-refractivity contribution in [3.05, 3.63) is 53.5 Å². The number of carbonyl (C=O) groups excluding carboxylic acids is 1. The third kappa shape index (κ3) is 3.28. The number of rotatable bonds is 2. The van der Waals surface area contributed by atoms with E-state index in [2.05, 4.69) is 9.97 Å². The summed E-state index contributed by atoms with van der Waals surface area (Å²) in [6.45, 7) is 3.91. The maximum absolute atomic E-state index is 13.7. The number of benzene rings is 1. The number of anilines is 1. The van der Waals surface area contributed by atoms with Gasteiger partial charge >= 0.3 is 0 Å². The molecule has 1 fully saturated rings. The van der Waals surface area contributed by atoms with Gasteiger partial charge in [0.25, 0.3) is 5.91 Å². The van der Waals surface area contributed by atoms with Crippen LogP contribution in [-0.4, -0.2) is 47.0 Å². The zero-order valence-electron chi connectivity index (χ0n) is 12.7. The van der Waals surface area contributed by atoms with E-state index in [1.165, 1.54) is 11.2 Å². The fourth-order valence-electron chi connectivity index (χ4n) is 2.58. The fourth-order valence-corrected chi connectivity index (χ4v) is 2.58. The summed E-state index contributed by atoms with van der Waals surface area (Å²) in [4.78, 5) is 24.2. The van der Waals surface area contributed by atoms with Crippen LogP contribution in [0.2, 0.25) is 0 Å². The first kappa shape index (κ1) is 15.3. The summed E-state index contributed by atoms with van der Waals surface area (Å²) in [5.74, 6) is -1.00. The summed E-state index contributed by atoms with van der Waals surface area (Å²) in [6.07, 6.45) is 1.50. The lowest BCUT2D eigenvalue weighted by Crippen LogP contribution is -2.49. The van der Waals surface area contributed by atoms with E-state index in [1.54, 1.807) is 0 Å². The lowest BCUT2D eigenvalue weighted by molar-refractivity contribution is 0.0741. The van der Waals surface area contributed by atoms with Gasteiger partial charge in [-0.25, -0.2) is 18.7 Å². The lowest BCUT2D eigenvalue weighted by Gasteiger charge is -2.35. The fraction of sp³-hybridized carbons (Fsp3) is 0.312. The van der Waals surface area contributed by atoms with Gasteiger partial charge in [0.05, 0.1) is 5.56 Å². The molecule has 2 heterocycles. The maximum atomic E-state index is 13.7. The summed E-state index contributed by atoms with van der Waals surface area (Å²) >= 11 is 0. The molecule has 1 aliphatic heterocycles. The smallest absolute Gasteiger partial charge is 0.257 e. The second-order valence-electron chi connectivity index (χ2n) is 5.42. The molecule has 0 spiro atoms. The largest absolute Gasteiger partial charge is 0.353 e. The average molecular weight is 318 g/mol. The topological polar surface area (TPSA) is 49.3 Å². The molecule has 0 radical (unpaired) electrons. The van der Waals surface area contributed by atoms with Crippen molar-refractivity contribution < 1.29 is 13.6 Å². The molecule has 0 saturated carbocycles. The number of amides is 1. The first-order chi connectivity index (χ1) is 11.0. The van der Waals surface area contributed by atoms with Gasteiger partial charge in [0.15, 0.2) is 0 Å². The summed E-state index contributed by atoms with van der Waals surface area (Å²) in [6, 6.07) is 4.80. The van der Waals surface area contributed by atoms with E-state index >= 15 is 0 Å². The number of nitrogens with zero attached hydrogens (tertiary/aromatic N) is 4. The Morgan fingerprint density at radius 3 is 2.52 bits per heavy atom. The first-order valence-electron chi connectivity index (χ1n) is 7.32. The highest BCUT2D eigenvalue weighted by atomic mass is 19.1. The predicted octanol–water partition coefficient (Wildman–Crippen LogP) is 2.03. The molecule has 23 heavy (non-hydrogen) atoms. The van der Waals surface area contributed by atoms with Crippen molar-refractivity contribution in [2.45, 2.75) is 6.92 Å². The molecule has 0 unspecified atom stereocenters. The molecule has 0 atom stereocenters. The second kappa shape index (κ2) is 6.28. The summed E-state index contributed by atoms with van der Waals surface area (Å²) in [5, 5.41) is 0. The van der Waals surface area contributed by atoms with E-state index in [0.29, 0.717) is 26.2 Å². The zero-order valence-corrected chi connectivity index (χ0v) is 12.7. The van der Waals surface area contributed by atoms with Crippen LogP contribution in [0, 0.1) is 18.6 Å². The third-order valence-electron chi connectivity index (χ3n) is 3.84. The number of aryl methyl sites for hydroxylation is 1. The van der Waals surface area contributed by atoms with Crippen LogP contribution in [0.5, 0.6) is 0 Å². The SMILES string of the molecule is Cc1cc(N2CCN(C(=O)c3cc(F)ccc3F)CC2)ncn1. The minimum atomic E-state index is -0.703. The number of halogens is 2. The zero-order chi connectivity index (χ0) is 16.4. The van der Waals surface area contributed by atoms with Crippen LogP contribution in [0.3, 0.4) is 0 Å². The molecule has 0 bridgehead atoms. The number of aromatic nitrogens is 2. The highest BCUT2D eigenvalue weighted by molar-refractivity contribution is 5.94. The van der Waals surface area contributed by atoms with Crippen molar-refractivity contribution in [2.24, 2.45) is 0 Å². The first-order valence-corrected chi connectivity index (χ1v) is 7.32. The lowest BCUT2D eigenvalue weighted by atomic mass is 10.1. The summed E-state index contributed by atoms with van der Waals surface area (Å²) < 4.78 is 27.0. The Balaban J connectivity index is 1.69. The standard InChI is InChI=1S/C16H16F2N4O/c1-11-8-15(20-10-19-11)21-4-6-22(7-5-21)16(23)13-9-12(17)2-3-14(13)18/h2-3,8-10H,4-7H2,1H3. The van der Waals surface area contributed by atoms with Crippen LogP contribution in [0.4, 0.5) is 14.6 Å². The van der Waals surface area contributed by atoms with Crippen LogP contribution in [-0.2, 0) is 0 Å². The van der Waals surface area contributed by atoms with Crippen molar-refractivity contribution in [3.63, 3.8) is 0 Å². The Labute approximate surface area is 132 Å². The van der Waals surface area contributed by atoms with E-state index in [0.717, 1.165) is 29.7 Å². The molecule has 0 aliphatic carbocycles. The minimum absolute atomic E-state index is 0.226. The predicted molar refractivity (Wildman–Crippen MR) is 81.2 cm³/mol. The van der Waals surface area contributed by atoms with Gasteiger partial charge in [-0.1, -0.05) is 0 Å². The average Bonchev–Trinajstić information content (AvgIpc) is 2.56. The Kier molecular flexibility index (Phi) is 4.18. The van der Waals surface area contributed by atoms with Crippen molar-refractivity contribution in [1.29, 1.82) is 0 Å². The molecule has 1 aromatic carbocycles. The molecule has 7 heteroatoms. The molecule has 1 aliphatic rings. The van der Waals surface area contributed by atoms with Gasteiger partial charge in [0, 0.05) is 37.9 Å². The van der Waals surface area contributed by atoms with Crippen LogP contribution < -0.4 is 4.90 Å². The normalized spacial score (nSPS) is 14.9. The van der Waals surface area contributed by atoms with Crippen LogP contribution in [0.15, 0.2) is 30.6 Å².